The maximum absolute atomic E-state index is 13.7. The zero-order chi connectivity index (χ0) is 20.4. The molecule has 0 saturated carbocycles. The van der Waals surface area contributed by atoms with Crippen molar-refractivity contribution in [3.05, 3.63) is 58.4 Å². The fraction of sp³-hybridized carbons (Fsp3) is 0.333. The van der Waals surface area contributed by atoms with Gasteiger partial charge in [-0.3, -0.25) is 9.59 Å². The summed E-state index contributed by atoms with van der Waals surface area (Å²) in [5.74, 6) is -0.901. The van der Waals surface area contributed by atoms with Gasteiger partial charge in [0.15, 0.2) is 11.5 Å². The predicted molar refractivity (Wildman–Crippen MR) is 100 cm³/mol. The summed E-state index contributed by atoms with van der Waals surface area (Å²) in [6.45, 7) is 2.06. The highest BCUT2D eigenvalue weighted by Crippen LogP contribution is 2.40. The van der Waals surface area contributed by atoms with Crippen molar-refractivity contribution in [1.29, 1.82) is 0 Å². The molecule has 1 heterocycles. The Labute approximate surface area is 162 Å². The fourth-order valence-electron chi connectivity index (χ4n) is 3.64. The molecule has 7 heteroatoms. The number of carbonyl (C=O) groups excluding carboxylic acids is 1. The lowest BCUT2D eigenvalue weighted by atomic mass is 9.89. The van der Waals surface area contributed by atoms with Crippen molar-refractivity contribution >= 4 is 11.9 Å². The van der Waals surface area contributed by atoms with Gasteiger partial charge in [0, 0.05) is 12.1 Å². The SMILES string of the molecule is COc1cc2c(cc1OC)C(CC(=O)O)N(C(=O)c1cc(F)ccc1C)CC2. The van der Waals surface area contributed by atoms with Crippen LogP contribution in [0, 0.1) is 12.7 Å². The number of nitrogens with zero attached hydrogens (tertiary/aromatic N) is 1. The highest BCUT2D eigenvalue weighted by atomic mass is 19.1. The lowest BCUT2D eigenvalue weighted by Crippen LogP contribution is -2.41. The largest absolute Gasteiger partial charge is 0.493 e. The third kappa shape index (κ3) is 3.65. The summed E-state index contributed by atoms with van der Waals surface area (Å²) in [4.78, 5) is 26.2. The van der Waals surface area contributed by atoms with E-state index in [4.69, 9.17) is 9.47 Å². The van der Waals surface area contributed by atoms with Crippen LogP contribution in [-0.4, -0.2) is 42.6 Å². The number of hydrogen-bond acceptors (Lipinski definition) is 4. The predicted octanol–water partition coefficient (Wildman–Crippen LogP) is 3.37. The molecule has 148 valence electrons. The first kappa shape index (κ1) is 19.7. The summed E-state index contributed by atoms with van der Waals surface area (Å²) in [6.07, 6.45) is 0.272. The van der Waals surface area contributed by atoms with E-state index in [9.17, 15) is 19.1 Å². The Bertz CT molecular complexity index is 927. The Kier molecular flexibility index (Phi) is 5.53. The highest BCUT2D eigenvalue weighted by Gasteiger charge is 2.34. The highest BCUT2D eigenvalue weighted by molar-refractivity contribution is 5.96. The van der Waals surface area contributed by atoms with E-state index in [2.05, 4.69) is 0 Å². The van der Waals surface area contributed by atoms with E-state index in [0.29, 0.717) is 35.6 Å². The van der Waals surface area contributed by atoms with Crippen molar-refractivity contribution in [2.45, 2.75) is 25.8 Å². The van der Waals surface area contributed by atoms with Crippen LogP contribution in [0.3, 0.4) is 0 Å². The maximum atomic E-state index is 13.7. The van der Waals surface area contributed by atoms with Gasteiger partial charge < -0.3 is 19.5 Å². The third-order valence-corrected chi connectivity index (χ3v) is 5.06. The van der Waals surface area contributed by atoms with Gasteiger partial charge in [-0.05, 0) is 54.3 Å². The number of aryl methyl sites for hydroxylation is 1. The van der Waals surface area contributed by atoms with E-state index in [1.165, 1.54) is 31.3 Å². The molecule has 1 aliphatic heterocycles. The Balaban J connectivity index is 2.07. The molecule has 0 saturated heterocycles. The first-order chi connectivity index (χ1) is 13.3. The quantitative estimate of drug-likeness (QED) is 0.851. The summed E-state index contributed by atoms with van der Waals surface area (Å²) < 4.78 is 24.4. The summed E-state index contributed by atoms with van der Waals surface area (Å²) in [7, 11) is 3.03. The second kappa shape index (κ2) is 7.88. The second-order valence-corrected chi connectivity index (χ2v) is 6.73. The van der Waals surface area contributed by atoms with Crippen LogP contribution in [0.5, 0.6) is 11.5 Å². The number of carbonyl (C=O) groups is 2. The number of halogens is 1. The lowest BCUT2D eigenvalue weighted by molar-refractivity contribution is -0.138. The smallest absolute Gasteiger partial charge is 0.305 e. The number of methoxy groups -OCH3 is 2. The first-order valence-corrected chi connectivity index (χ1v) is 8.89. The summed E-state index contributed by atoms with van der Waals surface area (Å²) >= 11 is 0. The molecule has 1 N–H and O–H groups in total. The Hall–Kier alpha value is -3.09. The van der Waals surface area contributed by atoms with Gasteiger partial charge in [0.25, 0.3) is 5.91 Å². The fourth-order valence-corrected chi connectivity index (χ4v) is 3.64. The topological polar surface area (TPSA) is 76.1 Å². The lowest BCUT2D eigenvalue weighted by Gasteiger charge is -2.37. The number of aliphatic carboxylic acids is 1. The summed E-state index contributed by atoms with van der Waals surface area (Å²) in [6, 6.07) is 6.89. The van der Waals surface area contributed by atoms with Crippen LogP contribution in [0.15, 0.2) is 30.3 Å². The van der Waals surface area contributed by atoms with Crippen LogP contribution in [-0.2, 0) is 11.2 Å². The molecule has 2 aromatic rings. The first-order valence-electron chi connectivity index (χ1n) is 8.89. The molecule has 6 nitrogen and oxygen atoms in total. The van der Waals surface area contributed by atoms with E-state index < -0.39 is 17.8 Å². The number of amides is 1. The molecule has 0 aliphatic carbocycles. The molecule has 3 rings (SSSR count). The minimum Gasteiger partial charge on any atom is -0.493 e. The molecule has 0 fully saturated rings. The van der Waals surface area contributed by atoms with Crippen LogP contribution in [0.25, 0.3) is 0 Å². The van der Waals surface area contributed by atoms with Crippen molar-refractivity contribution in [3.8, 4) is 11.5 Å². The van der Waals surface area contributed by atoms with E-state index in [-0.39, 0.29) is 17.9 Å². The molecule has 1 unspecified atom stereocenters. The normalized spacial score (nSPS) is 15.7. The van der Waals surface area contributed by atoms with Crippen molar-refractivity contribution < 1.29 is 28.6 Å². The van der Waals surface area contributed by atoms with E-state index in [0.717, 1.165) is 5.56 Å². The van der Waals surface area contributed by atoms with Gasteiger partial charge in [0.2, 0.25) is 0 Å². The summed E-state index contributed by atoms with van der Waals surface area (Å²) in [5, 5.41) is 9.43. The molecule has 0 radical (unpaired) electrons. The van der Waals surface area contributed by atoms with E-state index in [1.54, 1.807) is 19.1 Å². The van der Waals surface area contributed by atoms with Gasteiger partial charge in [0.05, 0.1) is 26.7 Å². The van der Waals surface area contributed by atoms with Crippen molar-refractivity contribution in [1.82, 2.24) is 4.90 Å². The second-order valence-electron chi connectivity index (χ2n) is 6.73. The van der Waals surface area contributed by atoms with E-state index in [1.807, 2.05) is 6.07 Å². The minimum absolute atomic E-state index is 0.235. The number of fused-ring (bicyclic) bond motifs is 1. The Morgan fingerprint density at radius 3 is 2.50 bits per heavy atom. The van der Waals surface area contributed by atoms with Crippen molar-refractivity contribution in [2.24, 2.45) is 0 Å². The molecule has 28 heavy (non-hydrogen) atoms. The molecule has 1 amide bonds. The number of hydrogen-bond donors (Lipinski definition) is 1. The zero-order valence-corrected chi connectivity index (χ0v) is 16.0. The van der Waals surface area contributed by atoms with Crippen molar-refractivity contribution in [3.63, 3.8) is 0 Å². The monoisotopic (exact) mass is 387 g/mol. The van der Waals surface area contributed by atoms with Crippen LogP contribution >= 0.6 is 0 Å². The van der Waals surface area contributed by atoms with Gasteiger partial charge in [-0.15, -0.1) is 0 Å². The van der Waals surface area contributed by atoms with Crippen LogP contribution in [0.2, 0.25) is 0 Å². The van der Waals surface area contributed by atoms with Gasteiger partial charge in [-0.25, -0.2) is 4.39 Å². The van der Waals surface area contributed by atoms with Gasteiger partial charge in [-0.1, -0.05) is 6.07 Å². The molecule has 0 aromatic heterocycles. The summed E-state index contributed by atoms with van der Waals surface area (Å²) in [5.41, 5.74) is 2.48. The average Bonchev–Trinajstić information content (AvgIpc) is 2.68. The molecule has 2 aromatic carbocycles. The average molecular weight is 387 g/mol. The molecular formula is C21H22FNO5. The number of benzene rings is 2. The standard InChI is InChI=1S/C21H22FNO5/c1-12-4-5-14(22)9-15(12)21(26)23-7-6-13-8-18(27-2)19(28-3)10-16(13)17(23)11-20(24)25/h4-5,8-10,17H,6-7,11H2,1-3H3,(H,24,25). The Morgan fingerprint density at radius 1 is 1.18 bits per heavy atom. The molecule has 1 aliphatic rings. The van der Waals surface area contributed by atoms with Crippen LogP contribution in [0.4, 0.5) is 4.39 Å². The molecule has 1 atom stereocenters. The molecule has 0 spiro atoms. The minimum atomic E-state index is -1.03. The molecular weight excluding hydrogens is 365 g/mol. The number of carboxylic acid groups (broad SMARTS) is 1. The molecule has 0 bridgehead atoms. The third-order valence-electron chi connectivity index (χ3n) is 5.06. The van der Waals surface area contributed by atoms with Crippen LogP contribution in [0.1, 0.15) is 39.5 Å². The number of ether oxygens (including phenoxy) is 2. The van der Waals surface area contributed by atoms with Gasteiger partial charge in [-0.2, -0.15) is 0 Å². The Morgan fingerprint density at radius 2 is 1.86 bits per heavy atom. The van der Waals surface area contributed by atoms with Gasteiger partial charge >= 0.3 is 5.97 Å². The van der Waals surface area contributed by atoms with Crippen LogP contribution < -0.4 is 9.47 Å². The number of rotatable bonds is 5. The number of carboxylic acids is 1. The van der Waals surface area contributed by atoms with Gasteiger partial charge in [0.1, 0.15) is 5.82 Å². The van der Waals surface area contributed by atoms with Crippen molar-refractivity contribution in [2.75, 3.05) is 20.8 Å². The van der Waals surface area contributed by atoms with E-state index >= 15 is 0 Å². The zero-order valence-electron chi connectivity index (χ0n) is 16.0. The maximum Gasteiger partial charge on any atom is 0.305 e.